The molecule has 3 heteroatoms. The van der Waals surface area contributed by atoms with E-state index < -0.39 is 0 Å². The van der Waals surface area contributed by atoms with Gasteiger partial charge in [-0.2, -0.15) is 0 Å². The van der Waals surface area contributed by atoms with Gasteiger partial charge in [0.05, 0.1) is 5.51 Å². The van der Waals surface area contributed by atoms with Crippen LogP contribution < -0.4 is 5.32 Å². The second-order valence-corrected chi connectivity index (χ2v) is 5.82. The number of hydrogen-bond donors (Lipinski definition) is 1. The Hall–Kier alpha value is -0.410. The molecule has 1 N–H and O–H groups in total. The lowest BCUT2D eigenvalue weighted by atomic mass is 9.80. The number of thiazole rings is 1. The molecule has 3 atom stereocenters. The van der Waals surface area contributed by atoms with Crippen LogP contribution in [0.15, 0.2) is 11.7 Å². The van der Waals surface area contributed by atoms with Gasteiger partial charge in [0.2, 0.25) is 0 Å². The van der Waals surface area contributed by atoms with Crippen molar-refractivity contribution in [2.45, 2.75) is 45.7 Å². The van der Waals surface area contributed by atoms with E-state index in [0.29, 0.717) is 6.04 Å². The summed E-state index contributed by atoms with van der Waals surface area (Å²) in [5.41, 5.74) is 1.91. The molecule has 0 bridgehead atoms. The van der Waals surface area contributed by atoms with E-state index in [-0.39, 0.29) is 0 Å². The van der Waals surface area contributed by atoms with Crippen LogP contribution in [0.1, 0.15) is 38.0 Å². The van der Waals surface area contributed by atoms with Crippen molar-refractivity contribution in [1.29, 1.82) is 0 Å². The molecule has 1 saturated carbocycles. The summed E-state index contributed by atoms with van der Waals surface area (Å²) in [4.78, 5) is 5.44. The highest BCUT2D eigenvalue weighted by molar-refractivity contribution is 7.09. The summed E-state index contributed by atoms with van der Waals surface area (Å²) in [5.74, 6) is 1.74. The fourth-order valence-corrected chi connectivity index (χ4v) is 3.08. The fraction of sp³-hybridized carbons (Fsp3) is 0.750. The largest absolute Gasteiger partial charge is 0.309 e. The van der Waals surface area contributed by atoms with E-state index in [2.05, 4.69) is 24.1 Å². The first-order valence-electron chi connectivity index (χ1n) is 5.86. The SMILES string of the molecule is CC1CCC(NCc2cncs2)C(C)C1. The maximum absolute atomic E-state index is 4.10. The molecule has 1 aromatic rings. The van der Waals surface area contributed by atoms with Crippen molar-refractivity contribution < 1.29 is 0 Å². The Balaban J connectivity index is 1.79. The van der Waals surface area contributed by atoms with Crippen molar-refractivity contribution in [3.63, 3.8) is 0 Å². The van der Waals surface area contributed by atoms with Gasteiger partial charge in [0.1, 0.15) is 0 Å². The van der Waals surface area contributed by atoms with Gasteiger partial charge in [0, 0.05) is 23.7 Å². The molecular weight excluding hydrogens is 204 g/mol. The third-order valence-electron chi connectivity index (χ3n) is 3.45. The molecule has 15 heavy (non-hydrogen) atoms. The summed E-state index contributed by atoms with van der Waals surface area (Å²) >= 11 is 1.74. The zero-order valence-corrected chi connectivity index (χ0v) is 10.4. The van der Waals surface area contributed by atoms with Crippen molar-refractivity contribution in [3.05, 3.63) is 16.6 Å². The van der Waals surface area contributed by atoms with Gasteiger partial charge in [0.15, 0.2) is 0 Å². The topological polar surface area (TPSA) is 24.9 Å². The first-order valence-corrected chi connectivity index (χ1v) is 6.74. The van der Waals surface area contributed by atoms with E-state index >= 15 is 0 Å². The van der Waals surface area contributed by atoms with E-state index in [4.69, 9.17) is 0 Å². The molecule has 84 valence electrons. The third-order valence-corrected chi connectivity index (χ3v) is 4.23. The normalized spacial score (nSPS) is 31.7. The van der Waals surface area contributed by atoms with E-state index in [1.807, 2.05) is 11.7 Å². The van der Waals surface area contributed by atoms with Crippen LogP contribution in [-0.2, 0) is 6.54 Å². The molecule has 0 aliphatic heterocycles. The molecule has 1 fully saturated rings. The molecular formula is C12H20N2S. The van der Waals surface area contributed by atoms with Crippen LogP contribution in [0.2, 0.25) is 0 Å². The summed E-state index contributed by atoms with van der Waals surface area (Å²) in [6.07, 6.45) is 6.06. The van der Waals surface area contributed by atoms with Crippen LogP contribution in [-0.4, -0.2) is 11.0 Å². The molecule has 1 aromatic heterocycles. The molecule has 1 aliphatic carbocycles. The number of nitrogens with one attached hydrogen (secondary N) is 1. The van der Waals surface area contributed by atoms with Crippen molar-refractivity contribution in [2.75, 3.05) is 0 Å². The summed E-state index contributed by atoms with van der Waals surface area (Å²) in [5, 5.41) is 3.66. The summed E-state index contributed by atoms with van der Waals surface area (Å²) in [7, 11) is 0. The second kappa shape index (κ2) is 5.08. The lowest BCUT2D eigenvalue weighted by Gasteiger charge is -2.33. The van der Waals surface area contributed by atoms with E-state index in [0.717, 1.165) is 18.4 Å². The summed E-state index contributed by atoms with van der Waals surface area (Å²) < 4.78 is 0. The van der Waals surface area contributed by atoms with Gasteiger partial charge in [-0.1, -0.05) is 13.8 Å². The Kier molecular flexibility index (Phi) is 3.76. The van der Waals surface area contributed by atoms with Crippen LogP contribution >= 0.6 is 11.3 Å². The molecule has 1 heterocycles. The van der Waals surface area contributed by atoms with Crippen molar-refractivity contribution in [2.24, 2.45) is 11.8 Å². The lowest BCUT2D eigenvalue weighted by molar-refractivity contribution is 0.227. The summed E-state index contributed by atoms with van der Waals surface area (Å²) in [6.45, 7) is 5.74. The zero-order chi connectivity index (χ0) is 10.7. The fourth-order valence-electron chi connectivity index (χ4n) is 2.53. The smallest absolute Gasteiger partial charge is 0.0794 e. The molecule has 0 spiro atoms. The van der Waals surface area contributed by atoms with Gasteiger partial charge in [-0.15, -0.1) is 11.3 Å². The summed E-state index contributed by atoms with van der Waals surface area (Å²) in [6, 6.07) is 0.711. The Morgan fingerprint density at radius 2 is 2.33 bits per heavy atom. The highest BCUT2D eigenvalue weighted by atomic mass is 32.1. The van der Waals surface area contributed by atoms with Gasteiger partial charge < -0.3 is 5.32 Å². The second-order valence-electron chi connectivity index (χ2n) is 4.85. The van der Waals surface area contributed by atoms with Crippen molar-refractivity contribution >= 4 is 11.3 Å². The van der Waals surface area contributed by atoms with Crippen LogP contribution in [0, 0.1) is 11.8 Å². The number of hydrogen-bond acceptors (Lipinski definition) is 3. The monoisotopic (exact) mass is 224 g/mol. The minimum absolute atomic E-state index is 0.711. The van der Waals surface area contributed by atoms with Crippen molar-refractivity contribution in [1.82, 2.24) is 10.3 Å². The highest BCUT2D eigenvalue weighted by Gasteiger charge is 2.24. The average Bonchev–Trinajstić information content (AvgIpc) is 2.69. The Labute approximate surface area is 96.1 Å². The quantitative estimate of drug-likeness (QED) is 0.853. The van der Waals surface area contributed by atoms with Crippen molar-refractivity contribution in [3.8, 4) is 0 Å². The number of aromatic nitrogens is 1. The Morgan fingerprint density at radius 3 is 3.00 bits per heavy atom. The van der Waals surface area contributed by atoms with E-state index in [9.17, 15) is 0 Å². The third kappa shape index (κ3) is 3.02. The molecule has 2 nitrogen and oxygen atoms in total. The minimum Gasteiger partial charge on any atom is -0.309 e. The lowest BCUT2D eigenvalue weighted by Crippen LogP contribution is -2.38. The average molecular weight is 224 g/mol. The standard InChI is InChI=1S/C12H20N2S/c1-9-3-4-12(10(2)5-9)14-7-11-6-13-8-15-11/h6,8-10,12,14H,3-5,7H2,1-2H3. The number of rotatable bonds is 3. The van der Waals surface area contributed by atoms with E-state index in [1.54, 1.807) is 11.3 Å². The maximum Gasteiger partial charge on any atom is 0.0794 e. The van der Waals surface area contributed by atoms with Crippen LogP contribution in [0.4, 0.5) is 0 Å². The molecule has 0 saturated heterocycles. The predicted molar refractivity (Wildman–Crippen MR) is 64.9 cm³/mol. The Morgan fingerprint density at radius 1 is 1.47 bits per heavy atom. The first kappa shape index (κ1) is 11.1. The van der Waals surface area contributed by atoms with Gasteiger partial charge >= 0.3 is 0 Å². The molecule has 0 radical (unpaired) electrons. The van der Waals surface area contributed by atoms with Crippen LogP contribution in [0.3, 0.4) is 0 Å². The zero-order valence-electron chi connectivity index (χ0n) is 9.57. The molecule has 0 amide bonds. The minimum atomic E-state index is 0.711. The van der Waals surface area contributed by atoms with Crippen LogP contribution in [0.5, 0.6) is 0 Å². The first-order chi connectivity index (χ1) is 7.25. The molecule has 0 aromatic carbocycles. The van der Waals surface area contributed by atoms with Crippen LogP contribution in [0.25, 0.3) is 0 Å². The van der Waals surface area contributed by atoms with Gasteiger partial charge in [-0.25, -0.2) is 0 Å². The van der Waals surface area contributed by atoms with Gasteiger partial charge in [0.25, 0.3) is 0 Å². The molecule has 2 rings (SSSR count). The molecule has 1 aliphatic rings. The van der Waals surface area contributed by atoms with E-state index in [1.165, 1.54) is 24.1 Å². The highest BCUT2D eigenvalue weighted by Crippen LogP contribution is 2.28. The van der Waals surface area contributed by atoms with Gasteiger partial charge in [-0.3, -0.25) is 4.98 Å². The predicted octanol–water partition coefficient (Wildman–Crippen LogP) is 3.06. The maximum atomic E-state index is 4.10. The van der Waals surface area contributed by atoms with Gasteiger partial charge in [-0.05, 0) is 31.1 Å². The molecule has 3 unspecified atom stereocenters. The Bertz CT molecular complexity index is 284. The number of nitrogens with zero attached hydrogens (tertiary/aromatic N) is 1.